The van der Waals surface area contributed by atoms with E-state index in [9.17, 15) is 9.59 Å². The van der Waals surface area contributed by atoms with Gasteiger partial charge in [0.05, 0.1) is 13.2 Å². The second-order valence-corrected chi connectivity index (χ2v) is 6.92. The number of carbonyl (C=O) groups is 2. The molecule has 26 heavy (non-hydrogen) atoms. The highest BCUT2D eigenvalue weighted by molar-refractivity contribution is 5.78. The van der Waals surface area contributed by atoms with E-state index in [0.29, 0.717) is 39.1 Å². The molecule has 1 heterocycles. The van der Waals surface area contributed by atoms with E-state index >= 15 is 0 Å². The van der Waals surface area contributed by atoms with Crippen LogP contribution in [0.25, 0.3) is 0 Å². The van der Waals surface area contributed by atoms with E-state index in [-0.39, 0.29) is 17.9 Å². The lowest BCUT2D eigenvalue weighted by Crippen LogP contribution is -2.51. The molecule has 1 aliphatic rings. The molecule has 0 saturated carbocycles. The summed E-state index contributed by atoms with van der Waals surface area (Å²) < 4.78 is 5.62. The highest BCUT2D eigenvalue weighted by Gasteiger charge is 2.22. The third-order valence-corrected chi connectivity index (χ3v) is 4.42. The Balaban J connectivity index is 1.76. The molecule has 2 amide bonds. The lowest BCUT2D eigenvalue weighted by Gasteiger charge is -2.34. The van der Waals surface area contributed by atoms with Crippen LogP contribution in [0, 0.1) is 0 Å². The summed E-state index contributed by atoms with van der Waals surface area (Å²) in [6, 6.07) is 8.05. The maximum atomic E-state index is 12.5. The molecule has 0 atom stereocenters. The molecular formula is C20H31N3O3. The maximum absolute atomic E-state index is 12.5. The monoisotopic (exact) mass is 361 g/mol. The number of hydrogen-bond acceptors (Lipinski definition) is 4. The van der Waals surface area contributed by atoms with Gasteiger partial charge in [-0.1, -0.05) is 18.2 Å². The van der Waals surface area contributed by atoms with Crippen molar-refractivity contribution in [2.24, 2.45) is 0 Å². The molecule has 1 fully saturated rings. The number of nitrogens with one attached hydrogen (secondary N) is 1. The largest absolute Gasteiger partial charge is 0.494 e. The fourth-order valence-corrected chi connectivity index (χ4v) is 3.13. The summed E-state index contributed by atoms with van der Waals surface area (Å²) in [4.78, 5) is 28.3. The van der Waals surface area contributed by atoms with E-state index in [1.807, 2.05) is 49.9 Å². The van der Waals surface area contributed by atoms with Crippen molar-refractivity contribution in [3.63, 3.8) is 0 Å². The average Bonchev–Trinajstić information content (AvgIpc) is 2.61. The first-order valence-electron chi connectivity index (χ1n) is 9.49. The molecule has 6 heteroatoms. The fraction of sp³-hybridized carbons (Fsp3) is 0.600. The molecule has 6 nitrogen and oxygen atoms in total. The van der Waals surface area contributed by atoms with E-state index in [4.69, 9.17) is 4.74 Å². The van der Waals surface area contributed by atoms with Gasteiger partial charge in [-0.25, -0.2) is 0 Å². The lowest BCUT2D eigenvalue weighted by molar-refractivity contribution is -0.133. The fourth-order valence-electron chi connectivity index (χ4n) is 3.13. The molecule has 1 aromatic rings. The van der Waals surface area contributed by atoms with Gasteiger partial charge in [-0.3, -0.25) is 14.5 Å². The normalized spacial score (nSPS) is 15.2. The van der Waals surface area contributed by atoms with Gasteiger partial charge in [0.1, 0.15) is 5.75 Å². The van der Waals surface area contributed by atoms with Crippen molar-refractivity contribution in [3.05, 3.63) is 29.8 Å². The highest BCUT2D eigenvalue weighted by atomic mass is 16.5. The molecule has 1 aromatic carbocycles. The van der Waals surface area contributed by atoms with Crippen LogP contribution >= 0.6 is 0 Å². The van der Waals surface area contributed by atoms with Gasteiger partial charge in [0, 0.05) is 38.6 Å². The standard InChI is InChI=1S/C20H31N3O3/c1-4-26-18-8-6-5-7-17(18)9-10-20(25)23-13-11-22(12-14-23)15-19(24)21-16(2)3/h5-8,16H,4,9-15H2,1-3H3,(H,21,24). The molecule has 144 valence electrons. The lowest BCUT2D eigenvalue weighted by atomic mass is 10.1. The molecule has 1 aliphatic heterocycles. The molecule has 0 bridgehead atoms. The van der Waals surface area contributed by atoms with Crippen LogP contribution in [0.4, 0.5) is 0 Å². The minimum absolute atomic E-state index is 0.0484. The molecule has 0 spiro atoms. The predicted molar refractivity (Wildman–Crippen MR) is 102 cm³/mol. The van der Waals surface area contributed by atoms with E-state index in [0.717, 1.165) is 24.4 Å². The van der Waals surface area contributed by atoms with Crippen molar-refractivity contribution in [1.82, 2.24) is 15.1 Å². The van der Waals surface area contributed by atoms with Gasteiger partial charge in [0.15, 0.2) is 0 Å². The number of piperazine rings is 1. The summed E-state index contributed by atoms with van der Waals surface area (Å²) in [5.74, 6) is 1.08. The zero-order valence-corrected chi connectivity index (χ0v) is 16.2. The SMILES string of the molecule is CCOc1ccccc1CCC(=O)N1CCN(CC(=O)NC(C)C)CC1. The van der Waals surface area contributed by atoms with Crippen LogP contribution in [0.5, 0.6) is 5.75 Å². The van der Waals surface area contributed by atoms with Crippen LogP contribution in [-0.4, -0.2) is 67.0 Å². The third-order valence-electron chi connectivity index (χ3n) is 4.42. The smallest absolute Gasteiger partial charge is 0.234 e. The molecular weight excluding hydrogens is 330 g/mol. The Hall–Kier alpha value is -2.08. The van der Waals surface area contributed by atoms with Crippen LogP contribution in [0.2, 0.25) is 0 Å². The number of aryl methyl sites for hydroxylation is 1. The number of ether oxygens (including phenoxy) is 1. The summed E-state index contributed by atoms with van der Waals surface area (Å²) in [6.45, 7) is 9.75. The van der Waals surface area contributed by atoms with Gasteiger partial charge >= 0.3 is 0 Å². The average molecular weight is 361 g/mol. The summed E-state index contributed by atoms with van der Waals surface area (Å²) >= 11 is 0. The first kappa shape index (κ1) is 20.2. The Morgan fingerprint density at radius 2 is 1.85 bits per heavy atom. The van der Waals surface area contributed by atoms with E-state index in [2.05, 4.69) is 10.2 Å². The summed E-state index contributed by atoms with van der Waals surface area (Å²) in [5.41, 5.74) is 1.08. The Labute approximate surface area is 156 Å². The van der Waals surface area contributed by atoms with Gasteiger partial charge in [-0.2, -0.15) is 0 Å². The first-order valence-corrected chi connectivity index (χ1v) is 9.49. The maximum Gasteiger partial charge on any atom is 0.234 e. The Morgan fingerprint density at radius 1 is 1.15 bits per heavy atom. The number of rotatable bonds is 8. The first-order chi connectivity index (χ1) is 12.5. The van der Waals surface area contributed by atoms with Crippen LogP contribution in [-0.2, 0) is 16.0 Å². The van der Waals surface area contributed by atoms with Crippen molar-refractivity contribution >= 4 is 11.8 Å². The van der Waals surface area contributed by atoms with Gasteiger partial charge in [0.2, 0.25) is 11.8 Å². The molecule has 1 N–H and O–H groups in total. The number of amides is 2. The molecule has 0 aromatic heterocycles. The predicted octanol–water partition coefficient (Wildman–Crippen LogP) is 1.69. The second-order valence-electron chi connectivity index (χ2n) is 6.92. The quantitative estimate of drug-likeness (QED) is 0.765. The zero-order chi connectivity index (χ0) is 18.9. The number of benzene rings is 1. The number of hydrogen-bond donors (Lipinski definition) is 1. The number of carbonyl (C=O) groups excluding carboxylic acids is 2. The van der Waals surface area contributed by atoms with Gasteiger partial charge in [0.25, 0.3) is 0 Å². The Morgan fingerprint density at radius 3 is 2.50 bits per heavy atom. The van der Waals surface area contributed by atoms with Gasteiger partial charge < -0.3 is 15.0 Å². The van der Waals surface area contributed by atoms with Crippen LogP contribution < -0.4 is 10.1 Å². The molecule has 0 radical (unpaired) electrons. The molecule has 0 aliphatic carbocycles. The van der Waals surface area contributed by atoms with E-state index in [1.165, 1.54) is 0 Å². The summed E-state index contributed by atoms with van der Waals surface area (Å²) in [7, 11) is 0. The molecule has 2 rings (SSSR count). The van der Waals surface area contributed by atoms with Crippen molar-refractivity contribution in [2.45, 2.75) is 39.7 Å². The van der Waals surface area contributed by atoms with Crippen LogP contribution in [0.1, 0.15) is 32.8 Å². The topological polar surface area (TPSA) is 61.9 Å². The van der Waals surface area contributed by atoms with E-state index in [1.54, 1.807) is 0 Å². The minimum atomic E-state index is 0.0484. The third kappa shape index (κ3) is 6.33. The van der Waals surface area contributed by atoms with Crippen LogP contribution in [0.15, 0.2) is 24.3 Å². The Bertz CT molecular complexity index is 596. The number of para-hydroxylation sites is 1. The van der Waals surface area contributed by atoms with Crippen molar-refractivity contribution in [2.75, 3.05) is 39.3 Å². The summed E-state index contributed by atoms with van der Waals surface area (Å²) in [5, 5.41) is 2.91. The minimum Gasteiger partial charge on any atom is -0.494 e. The second kappa shape index (κ2) is 10.2. The van der Waals surface area contributed by atoms with Gasteiger partial charge in [-0.15, -0.1) is 0 Å². The van der Waals surface area contributed by atoms with E-state index < -0.39 is 0 Å². The number of nitrogens with zero attached hydrogens (tertiary/aromatic N) is 2. The van der Waals surface area contributed by atoms with Crippen molar-refractivity contribution in [1.29, 1.82) is 0 Å². The van der Waals surface area contributed by atoms with Crippen molar-refractivity contribution < 1.29 is 14.3 Å². The zero-order valence-electron chi connectivity index (χ0n) is 16.2. The summed E-state index contributed by atoms with van der Waals surface area (Å²) in [6.07, 6.45) is 1.17. The van der Waals surface area contributed by atoms with Crippen LogP contribution in [0.3, 0.4) is 0 Å². The van der Waals surface area contributed by atoms with Gasteiger partial charge in [-0.05, 0) is 38.8 Å². The van der Waals surface area contributed by atoms with Crippen molar-refractivity contribution in [3.8, 4) is 5.75 Å². The molecule has 0 unspecified atom stereocenters. The molecule has 1 saturated heterocycles. The Kier molecular flexibility index (Phi) is 7.91. The highest BCUT2D eigenvalue weighted by Crippen LogP contribution is 2.20.